The first-order valence-electron chi connectivity index (χ1n) is 6.71. The van der Waals surface area contributed by atoms with Crippen LogP contribution < -0.4 is 0 Å². The molecule has 0 amide bonds. The van der Waals surface area contributed by atoms with Crippen molar-refractivity contribution in [3.05, 3.63) is 29.0 Å². The molecule has 0 spiro atoms. The summed E-state index contributed by atoms with van der Waals surface area (Å²) in [5.74, 6) is -0.598. The first-order chi connectivity index (χ1) is 11.1. The number of esters is 1. The smallest absolute Gasteiger partial charge is 0.361 e. The molecule has 1 aromatic carbocycles. The monoisotopic (exact) mass is 332 g/mol. The number of phenolic OH excluding ortho intramolecular Hbond substituents is 1. The summed E-state index contributed by atoms with van der Waals surface area (Å²) in [6, 6.07) is 3.11. The van der Waals surface area contributed by atoms with Crippen molar-refractivity contribution in [3.63, 3.8) is 0 Å². The number of carbonyl (C=O) groups is 1. The highest BCUT2D eigenvalue weighted by molar-refractivity contribution is 7.19. The third-order valence-corrected chi connectivity index (χ3v) is 4.02. The number of hydrogen-bond donors (Lipinski definition) is 1. The highest BCUT2D eigenvalue weighted by atomic mass is 32.1. The maximum Gasteiger partial charge on any atom is 0.361 e. The lowest BCUT2D eigenvalue weighted by Crippen LogP contribution is -2.04. The van der Waals surface area contributed by atoms with Crippen molar-refractivity contribution in [3.8, 4) is 5.75 Å². The lowest BCUT2D eigenvalue weighted by molar-refractivity contribution is 0.0527. The average Bonchev–Trinajstić information content (AvgIpc) is 3.15. The molecule has 0 unspecified atom stereocenters. The molecule has 0 bridgehead atoms. The molecule has 2 aromatic heterocycles. The van der Waals surface area contributed by atoms with Gasteiger partial charge in [-0.2, -0.15) is 0 Å². The van der Waals surface area contributed by atoms with Gasteiger partial charge in [-0.15, -0.1) is 21.5 Å². The number of aromatic nitrogens is 2. The van der Waals surface area contributed by atoms with Crippen molar-refractivity contribution >= 4 is 39.1 Å². The molecule has 0 aliphatic carbocycles. The first-order valence-corrected chi connectivity index (χ1v) is 7.53. The van der Waals surface area contributed by atoms with Crippen molar-refractivity contribution < 1.29 is 19.1 Å². The van der Waals surface area contributed by atoms with Gasteiger partial charge in [-0.25, -0.2) is 4.79 Å². The Morgan fingerprint density at radius 2 is 2.26 bits per heavy atom. The minimum absolute atomic E-state index is 0.0101. The summed E-state index contributed by atoms with van der Waals surface area (Å²) in [6.45, 7) is 3.81. The standard InChI is InChI=1S/C14H12N4O4S/c1-3-21-13(20)9-5-10(19)8-4-7(2)23-12(8)11(9)16-18-14-17-15-6-22-14/h4-6,19H,3H2,1-2H3/b18-16+. The van der Waals surface area contributed by atoms with Crippen LogP contribution >= 0.6 is 11.3 Å². The summed E-state index contributed by atoms with van der Waals surface area (Å²) in [7, 11) is 0. The molecule has 9 heteroatoms. The average molecular weight is 332 g/mol. The minimum atomic E-state index is -0.588. The molecule has 0 saturated heterocycles. The highest BCUT2D eigenvalue weighted by Gasteiger charge is 2.20. The van der Waals surface area contributed by atoms with Crippen LogP contribution in [0.25, 0.3) is 10.1 Å². The van der Waals surface area contributed by atoms with Crippen LogP contribution in [-0.2, 0) is 4.74 Å². The molecule has 0 atom stereocenters. The number of phenols is 1. The lowest BCUT2D eigenvalue weighted by Gasteiger charge is -2.07. The number of benzene rings is 1. The van der Waals surface area contributed by atoms with E-state index in [0.29, 0.717) is 15.8 Å². The summed E-state index contributed by atoms with van der Waals surface area (Å²) in [5.41, 5.74) is 0.425. The minimum Gasteiger partial charge on any atom is -0.507 e. The third kappa shape index (κ3) is 2.90. The van der Waals surface area contributed by atoms with Gasteiger partial charge < -0.3 is 14.3 Å². The van der Waals surface area contributed by atoms with Gasteiger partial charge in [-0.05, 0) is 26.0 Å². The second-order valence-electron chi connectivity index (χ2n) is 4.53. The zero-order valence-electron chi connectivity index (χ0n) is 12.3. The van der Waals surface area contributed by atoms with Gasteiger partial charge in [0, 0.05) is 10.3 Å². The summed E-state index contributed by atoms with van der Waals surface area (Å²) in [6.07, 6.45) is 1.13. The Hall–Kier alpha value is -2.81. The topological polar surface area (TPSA) is 110 Å². The van der Waals surface area contributed by atoms with Crippen molar-refractivity contribution in [1.29, 1.82) is 0 Å². The fourth-order valence-corrected chi connectivity index (χ4v) is 3.07. The Balaban J connectivity index is 2.20. The number of nitrogens with zero attached hydrogens (tertiary/aromatic N) is 4. The van der Waals surface area contributed by atoms with E-state index in [4.69, 9.17) is 9.15 Å². The molecule has 0 aliphatic heterocycles. The number of aryl methyl sites for hydroxylation is 1. The van der Waals surface area contributed by atoms with Gasteiger partial charge in [-0.3, -0.25) is 0 Å². The summed E-state index contributed by atoms with van der Waals surface area (Å²) >= 11 is 1.39. The summed E-state index contributed by atoms with van der Waals surface area (Å²) in [5, 5.41) is 25.7. The second kappa shape index (κ2) is 6.13. The van der Waals surface area contributed by atoms with Crippen LogP contribution in [0.15, 0.2) is 33.2 Å². The van der Waals surface area contributed by atoms with E-state index >= 15 is 0 Å². The zero-order chi connectivity index (χ0) is 16.4. The Morgan fingerprint density at radius 1 is 1.43 bits per heavy atom. The van der Waals surface area contributed by atoms with E-state index in [1.807, 2.05) is 13.0 Å². The SMILES string of the molecule is CCOC(=O)c1cc(O)c2cc(C)sc2c1/N=N/c1nnco1. The van der Waals surface area contributed by atoms with E-state index in [9.17, 15) is 9.90 Å². The number of aromatic hydroxyl groups is 1. The van der Waals surface area contributed by atoms with Gasteiger partial charge in [0.05, 0.1) is 16.9 Å². The zero-order valence-corrected chi connectivity index (χ0v) is 13.1. The van der Waals surface area contributed by atoms with E-state index in [1.54, 1.807) is 6.92 Å². The fourth-order valence-electron chi connectivity index (χ4n) is 2.05. The highest BCUT2D eigenvalue weighted by Crippen LogP contribution is 2.42. The number of fused-ring (bicyclic) bond motifs is 1. The summed E-state index contributed by atoms with van der Waals surface area (Å²) in [4.78, 5) is 13.1. The van der Waals surface area contributed by atoms with Gasteiger partial charge >= 0.3 is 12.0 Å². The van der Waals surface area contributed by atoms with Gasteiger partial charge in [0.1, 0.15) is 11.4 Å². The lowest BCUT2D eigenvalue weighted by atomic mass is 10.1. The number of rotatable bonds is 4. The van der Waals surface area contributed by atoms with Crippen LogP contribution in [0.5, 0.6) is 5.75 Å². The predicted molar refractivity (Wildman–Crippen MR) is 82.7 cm³/mol. The van der Waals surface area contributed by atoms with Crippen molar-refractivity contribution in [2.45, 2.75) is 13.8 Å². The van der Waals surface area contributed by atoms with Crippen LogP contribution in [0, 0.1) is 6.92 Å². The number of ether oxygens (including phenoxy) is 1. The van der Waals surface area contributed by atoms with Crippen LogP contribution in [0.4, 0.5) is 11.7 Å². The maximum absolute atomic E-state index is 12.1. The van der Waals surface area contributed by atoms with Gasteiger partial charge in [0.15, 0.2) is 0 Å². The molecule has 0 aliphatic rings. The normalized spacial score (nSPS) is 11.4. The molecule has 0 fully saturated rings. The van der Waals surface area contributed by atoms with Crippen LogP contribution in [0.2, 0.25) is 0 Å². The number of hydrogen-bond acceptors (Lipinski definition) is 9. The van der Waals surface area contributed by atoms with Crippen LogP contribution in [0.3, 0.4) is 0 Å². The number of carbonyl (C=O) groups excluding carboxylic acids is 1. The molecular formula is C14H12N4O4S. The second-order valence-corrected chi connectivity index (χ2v) is 5.79. The molecule has 0 saturated carbocycles. The van der Waals surface area contributed by atoms with E-state index in [1.165, 1.54) is 17.4 Å². The van der Waals surface area contributed by atoms with E-state index < -0.39 is 5.97 Å². The molecule has 1 N–H and O–H groups in total. The Labute approximate surface area is 134 Å². The Kier molecular flexibility index (Phi) is 4.02. The number of thiophene rings is 1. The molecule has 23 heavy (non-hydrogen) atoms. The van der Waals surface area contributed by atoms with Crippen molar-refractivity contribution in [1.82, 2.24) is 10.2 Å². The molecule has 0 radical (unpaired) electrons. The molecule has 3 rings (SSSR count). The van der Waals surface area contributed by atoms with Gasteiger partial charge in [0.25, 0.3) is 0 Å². The quantitative estimate of drug-likeness (QED) is 0.573. The fraction of sp³-hybridized carbons (Fsp3) is 0.214. The van der Waals surface area contributed by atoms with Crippen LogP contribution in [0.1, 0.15) is 22.2 Å². The molecule has 118 valence electrons. The largest absolute Gasteiger partial charge is 0.507 e. The maximum atomic E-state index is 12.1. The Morgan fingerprint density at radius 3 is 2.96 bits per heavy atom. The van der Waals surface area contributed by atoms with Gasteiger partial charge in [0.2, 0.25) is 6.39 Å². The van der Waals surface area contributed by atoms with Crippen molar-refractivity contribution in [2.75, 3.05) is 6.61 Å². The van der Waals surface area contributed by atoms with E-state index in [-0.39, 0.29) is 23.9 Å². The van der Waals surface area contributed by atoms with E-state index in [2.05, 4.69) is 20.4 Å². The van der Waals surface area contributed by atoms with Crippen molar-refractivity contribution in [2.24, 2.45) is 10.2 Å². The Bertz CT molecular complexity index is 886. The molecule has 2 heterocycles. The molecule has 3 aromatic rings. The first kappa shape index (κ1) is 15.1. The third-order valence-electron chi connectivity index (χ3n) is 2.96. The molecular weight excluding hydrogens is 320 g/mol. The van der Waals surface area contributed by atoms with Gasteiger partial charge in [-0.1, -0.05) is 10.2 Å². The summed E-state index contributed by atoms with van der Waals surface area (Å²) < 4.78 is 10.6. The van der Waals surface area contributed by atoms with E-state index in [0.717, 1.165) is 11.3 Å². The number of azo groups is 1. The predicted octanol–water partition coefficient (Wildman–Crippen LogP) is 3.89. The molecule has 8 nitrogen and oxygen atoms in total. The van der Waals surface area contributed by atoms with Crippen LogP contribution in [-0.4, -0.2) is 27.9 Å².